The second-order valence-corrected chi connectivity index (χ2v) is 5.84. The molecular weight excluding hydrogens is 323 g/mol. The summed E-state index contributed by atoms with van der Waals surface area (Å²) in [6.45, 7) is 3.83. The number of carbonyl (C=O) groups is 2. The summed E-state index contributed by atoms with van der Waals surface area (Å²) in [6, 6.07) is 12.9. The zero-order valence-electron chi connectivity index (χ0n) is 14.2. The lowest BCUT2D eigenvalue weighted by atomic mass is 10.0. The number of benzene rings is 2. The Morgan fingerprint density at radius 1 is 1.00 bits per heavy atom. The summed E-state index contributed by atoms with van der Waals surface area (Å²) in [7, 11) is 0. The molecule has 0 saturated carbocycles. The van der Waals surface area contributed by atoms with Crippen LogP contribution in [-0.4, -0.2) is 25.0 Å². The molecule has 0 atom stereocenters. The fourth-order valence-electron chi connectivity index (χ4n) is 2.07. The van der Waals surface area contributed by atoms with Gasteiger partial charge in [-0.3, -0.25) is 9.59 Å². The summed E-state index contributed by atoms with van der Waals surface area (Å²) in [5.74, 6) is -0.166. The lowest BCUT2D eigenvalue weighted by Gasteiger charge is -2.10. The highest BCUT2D eigenvalue weighted by molar-refractivity contribution is 5.94. The number of anilines is 1. The van der Waals surface area contributed by atoms with E-state index in [0.29, 0.717) is 17.4 Å². The quantitative estimate of drug-likeness (QED) is 0.811. The van der Waals surface area contributed by atoms with Gasteiger partial charge in [0.1, 0.15) is 11.6 Å². The predicted molar refractivity (Wildman–Crippen MR) is 94.1 cm³/mol. The summed E-state index contributed by atoms with van der Waals surface area (Å²) in [4.78, 5) is 23.4. The van der Waals surface area contributed by atoms with E-state index in [9.17, 15) is 14.0 Å². The molecule has 0 aliphatic carbocycles. The van der Waals surface area contributed by atoms with Crippen molar-refractivity contribution in [1.29, 1.82) is 0 Å². The molecule has 0 aliphatic heterocycles. The van der Waals surface area contributed by atoms with Gasteiger partial charge in [-0.05, 0) is 47.9 Å². The summed E-state index contributed by atoms with van der Waals surface area (Å²) in [5, 5.41) is 5.02. The molecule has 0 unspecified atom stereocenters. The fraction of sp³-hybridized carbons (Fsp3) is 0.263. The highest BCUT2D eigenvalue weighted by Gasteiger charge is 2.07. The highest BCUT2D eigenvalue weighted by Crippen LogP contribution is 2.18. The molecule has 25 heavy (non-hydrogen) atoms. The Morgan fingerprint density at radius 3 is 2.24 bits per heavy atom. The van der Waals surface area contributed by atoms with Gasteiger partial charge in [0.15, 0.2) is 6.61 Å². The second kappa shape index (κ2) is 8.82. The van der Waals surface area contributed by atoms with Crippen LogP contribution in [0.2, 0.25) is 0 Å². The van der Waals surface area contributed by atoms with Crippen LogP contribution in [0.1, 0.15) is 25.3 Å². The maximum absolute atomic E-state index is 12.8. The van der Waals surface area contributed by atoms with Gasteiger partial charge in [-0.25, -0.2) is 4.39 Å². The average Bonchev–Trinajstić information content (AvgIpc) is 2.60. The first-order valence-electron chi connectivity index (χ1n) is 7.99. The van der Waals surface area contributed by atoms with Gasteiger partial charge in [0, 0.05) is 5.69 Å². The van der Waals surface area contributed by atoms with Crippen LogP contribution >= 0.6 is 0 Å². The molecule has 0 bridgehead atoms. The number of halogens is 1. The summed E-state index contributed by atoms with van der Waals surface area (Å²) >= 11 is 0. The topological polar surface area (TPSA) is 67.4 Å². The van der Waals surface area contributed by atoms with Crippen LogP contribution in [0.4, 0.5) is 10.1 Å². The number of hydrogen-bond donors (Lipinski definition) is 2. The number of rotatable bonds is 7. The Morgan fingerprint density at radius 2 is 1.64 bits per heavy atom. The van der Waals surface area contributed by atoms with Crippen LogP contribution in [-0.2, 0) is 9.59 Å². The van der Waals surface area contributed by atoms with Gasteiger partial charge in [0.25, 0.3) is 5.91 Å². The summed E-state index contributed by atoms with van der Waals surface area (Å²) in [6.07, 6.45) is 0. The Kier molecular flexibility index (Phi) is 6.51. The fourth-order valence-corrected chi connectivity index (χ4v) is 2.07. The molecule has 0 heterocycles. The summed E-state index contributed by atoms with van der Waals surface area (Å²) in [5.41, 5.74) is 1.65. The van der Waals surface area contributed by atoms with Crippen molar-refractivity contribution >= 4 is 17.5 Å². The second-order valence-electron chi connectivity index (χ2n) is 5.84. The van der Waals surface area contributed by atoms with E-state index in [1.807, 2.05) is 24.3 Å². The number of nitrogens with one attached hydrogen (secondary N) is 2. The normalized spacial score (nSPS) is 10.4. The number of amides is 2. The van der Waals surface area contributed by atoms with Gasteiger partial charge in [-0.2, -0.15) is 0 Å². The van der Waals surface area contributed by atoms with Crippen LogP contribution < -0.4 is 15.4 Å². The lowest BCUT2D eigenvalue weighted by molar-refractivity contribution is -0.125. The largest absolute Gasteiger partial charge is 0.484 e. The standard InChI is InChI=1S/C19H21FN2O3/c1-13(2)14-3-9-17(10-4-14)25-12-19(24)21-11-18(23)22-16-7-5-15(20)6-8-16/h3-10,13H,11-12H2,1-2H3,(H,21,24)(H,22,23). The maximum atomic E-state index is 12.8. The zero-order chi connectivity index (χ0) is 18.2. The average molecular weight is 344 g/mol. The third-order valence-corrected chi connectivity index (χ3v) is 3.49. The van der Waals surface area contributed by atoms with Crippen molar-refractivity contribution in [1.82, 2.24) is 5.32 Å². The number of ether oxygens (including phenoxy) is 1. The molecule has 2 amide bonds. The molecule has 0 radical (unpaired) electrons. The Balaban J connectivity index is 1.71. The molecule has 2 N–H and O–H groups in total. The molecule has 0 aliphatic rings. The molecule has 2 rings (SSSR count). The molecule has 0 spiro atoms. The van der Waals surface area contributed by atoms with Crippen molar-refractivity contribution in [3.63, 3.8) is 0 Å². The molecule has 132 valence electrons. The van der Waals surface area contributed by atoms with Gasteiger partial charge in [-0.15, -0.1) is 0 Å². The van der Waals surface area contributed by atoms with Crippen molar-refractivity contribution in [2.45, 2.75) is 19.8 Å². The number of carbonyl (C=O) groups excluding carboxylic acids is 2. The van der Waals surface area contributed by atoms with E-state index in [1.165, 1.54) is 29.8 Å². The minimum Gasteiger partial charge on any atom is -0.484 e. The van der Waals surface area contributed by atoms with Gasteiger partial charge >= 0.3 is 0 Å². The molecule has 2 aromatic rings. The maximum Gasteiger partial charge on any atom is 0.258 e. The lowest BCUT2D eigenvalue weighted by Crippen LogP contribution is -2.35. The van der Waals surface area contributed by atoms with Crippen molar-refractivity contribution in [3.05, 3.63) is 59.9 Å². The van der Waals surface area contributed by atoms with Gasteiger partial charge in [0.2, 0.25) is 5.91 Å². The minimum atomic E-state index is -0.402. The van der Waals surface area contributed by atoms with Crippen LogP contribution in [0.25, 0.3) is 0 Å². The SMILES string of the molecule is CC(C)c1ccc(OCC(=O)NCC(=O)Nc2ccc(F)cc2)cc1. The molecule has 0 aromatic heterocycles. The first-order valence-corrected chi connectivity index (χ1v) is 7.99. The van der Waals surface area contributed by atoms with Crippen molar-refractivity contribution < 1.29 is 18.7 Å². The predicted octanol–water partition coefficient (Wildman–Crippen LogP) is 3.08. The highest BCUT2D eigenvalue weighted by atomic mass is 19.1. The molecule has 5 nitrogen and oxygen atoms in total. The van der Waals surface area contributed by atoms with E-state index in [-0.39, 0.29) is 19.0 Å². The first kappa shape index (κ1) is 18.4. The third kappa shape index (κ3) is 6.25. The van der Waals surface area contributed by atoms with Gasteiger partial charge in [0.05, 0.1) is 6.54 Å². The Bertz CT molecular complexity index is 712. The third-order valence-electron chi connectivity index (χ3n) is 3.49. The molecule has 6 heteroatoms. The Labute approximate surface area is 146 Å². The molecular formula is C19H21FN2O3. The smallest absolute Gasteiger partial charge is 0.258 e. The molecule has 0 fully saturated rings. The van der Waals surface area contributed by atoms with Crippen LogP contribution in [0.15, 0.2) is 48.5 Å². The van der Waals surface area contributed by atoms with Gasteiger partial charge in [-0.1, -0.05) is 26.0 Å². The molecule has 0 saturated heterocycles. The molecule has 2 aromatic carbocycles. The van der Waals surface area contributed by atoms with E-state index in [4.69, 9.17) is 4.74 Å². The van der Waals surface area contributed by atoms with Crippen molar-refractivity contribution in [2.75, 3.05) is 18.5 Å². The summed E-state index contributed by atoms with van der Waals surface area (Å²) < 4.78 is 18.2. The zero-order valence-corrected chi connectivity index (χ0v) is 14.2. The van der Waals surface area contributed by atoms with E-state index < -0.39 is 11.8 Å². The van der Waals surface area contributed by atoms with E-state index in [1.54, 1.807) is 0 Å². The van der Waals surface area contributed by atoms with Crippen molar-refractivity contribution in [2.24, 2.45) is 0 Å². The Hall–Kier alpha value is -2.89. The van der Waals surface area contributed by atoms with Crippen LogP contribution in [0.3, 0.4) is 0 Å². The van der Waals surface area contributed by atoms with Crippen molar-refractivity contribution in [3.8, 4) is 5.75 Å². The minimum absolute atomic E-state index is 0.176. The van der Waals surface area contributed by atoms with E-state index in [0.717, 1.165) is 0 Å². The first-order chi connectivity index (χ1) is 11.9. The number of hydrogen-bond acceptors (Lipinski definition) is 3. The van der Waals surface area contributed by atoms with Gasteiger partial charge < -0.3 is 15.4 Å². The van der Waals surface area contributed by atoms with E-state index in [2.05, 4.69) is 24.5 Å². The monoisotopic (exact) mass is 344 g/mol. The van der Waals surface area contributed by atoms with E-state index >= 15 is 0 Å². The van der Waals surface area contributed by atoms with Crippen LogP contribution in [0, 0.1) is 5.82 Å². The van der Waals surface area contributed by atoms with Crippen LogP contribution in [0.5, 0.6) is 5.75 Å².